The summed E-state index contributed by atoms with van der Waals surface area (Å²) in [4.78, 5) is 5.55. The lowest BCUT2D eigenvalue weighted by molar-refractivity contribution is 0.582. The lowest BCUT2D eigenvalue weighted by Gasteiger charge is -2.06. The van der Waals surface area contributed by atoms with Crippen LogP contribution in [0.1, 0.15) is 22.4 Å². The van der Waals surface area contributed by atoms with Gasteiger partial charge >= 0.3 is 0 Å². The van der Waals surface area contributed by atoms with Gasteiger partial charge in [0.15, 0.2) is 0 Å². The van der Waals surface area contributed by atoms with Gasteiger partial charge in [-0.25, -0.2) is 18.1 Å². The summed E-state index contributed by atoms with van der Waals surface area (Å²) in [5.74, 6) is 0. The highest BCUT2D eigenvalue weighted by Gasteiger charge is 2.13. The number of benzene rings is 1. The molecule has 20 heavy (non-hydrogen) atoms. The first-order chi connectivity index (χ1) is 9.51. The second-order valence-corrected chi connectivity index (χ2v) is 7.58. The molecule has 2 rings (SSSR count). The molecule has 0 unspecified atom stereocenters. The van der Waals surface area contributed by atoms with Crippen molar-refractivity contribution >= 4 is 21.4 Å². The van der Waals surface area contributed by atoms with Crippen LogP contribution >= 0.6 is 11.3 Å². The molecule has 2 aromatic rings. The number of rotatable bonds is 6. The van der Waals surface area contributed by atoms with E-state index >= 15 is 0 Å². The third-order valence-corrected chi connectivity index (χ3v) is 5.42. The standard InChI is InChI=1S/C14H18N2O2S2/c1-3-12-4-6-14(7-5-12)20(17,18)16-9-8-13-10-15-11(2)19-13/h4-7,10,16H,3,8-9H2,1-2H3. The molecule has 0 fully saturated rings. The number of aromatic nitrogens is 1. The van der Waals surface area contributed by atoms with Crippen LogP contribution < -0.4 is 4.72 Å². The van der Waals surface area contributed by atoms with Gasteiger partial charge in [0, 0.05) is 17.6 Å². The van der Waals surface area contributed by atoms with E-state index in [1.54, 1.807) is 29.7 Å². The van der Waals surface area contributed by atoms with Crippen molar-refractivity contribution in [1.82, 2.24) is 9.71 Å². The summed E-state index contributed by atoms with van der Waals surface area (Å²) < 4.78 is 26.8. The summed E-state index contributed by atoms with van der Waals surface area (Å²) in [5.41, 5.74) is 1.13. The van der Waals surface area contributed by atoms with E-state index in [-0.39, 0.29) is 0 Å². The average molecular weight is 310 g/mol. The highest BCUT2D eigenvalue weighted by atomic mass is 32.2. The van der Waals surface area contributed by atoms with Crippen molar-refractivity contribution in [2.45, 2.75) is 31.6 Å². The number of nitrogens with one attached hydrogen (secondary N) is 1. The molecule has 0 saturated carbocycles. The van der Waals surface area contributed by atoms with Crippen LogP contribution in [0.5, 0.6) is 0 Å². The van der Waals surface area contributed by atoms with Crippen LogP contribution in [-0.4, -0.2) is 19.9 Å². The number of thiazole rings is 1. The van der Waals surface area contributed by atoms with E-state index in [1.807, 2.05) is 26.0 Å². The van der Waals surface area contributed by atoms with E-state index < -0.39 is 10.0 Å². The molecule has 1 heterocycles. The van der Waals surface area contributed by atoms with Crippen LogP contribution in [0, 0.1) is 6.92 Å². The number of hydrogen-bond donors (Lipinski definition) is 1. The second kappa shape index (κ2) is 6.47. The molecule has 1 aromatic heterocycles. The van der Waals surface area contributed by atoms with E-state index in [1.165, 1.54) is 0 Å². The monoisotopic (exact) mass is 310 g/mol. The quantitative estimate of drug-likeness (QED) is 0.892. The van der Waals surface area contributed by atoms with Crippen LogP contribution in [0.25, 0.3) is 0 Å². The predicted molar refractivity (Wildman–Crippen MR) is 81.6 cm³/mol. The molecule has 1 aromatic carbocycles. The third kappa shape index (κ3) is 3.88. The minimum absolute atomic E-state index is 0.315. The van der Waals surface area contributed by atoms with Crippen molar-refractivity contribution in [3.8, 4) is 0 Å². The van der Waals surface area contributed by atoms with Crippen LogP contribution in [0.2, 0.25) is 0 Å². The van der Waals surface area contributed by atoms with Crippen molar-refractivity contribution in [2.24, 2.45) is 0 Å². The maximum Gasteiger partial charge on any atom is 0.240 e. The van der Waals surface area contributed by atoms with Crippen LogP contribution in [0.3, 0.4) is 0 Å². The minimum atomic E-state index is -3.41. The molecule has 1 N–H and O–H groups in total. The first-order valence-corrected chi connectivity index (χ1v) is 8.81. The topological polar surface area (TPSA) is 59.1 Å². The molecular formula is C14H18N2O2S2. The van der Waals surface area contributed by atoms with Gasteiger partial charge in [0.1, 0.15) is 0 Å². The van der Waals surface area contributed by atoms with Crippen molar-refractivity contribution < 1.29 is 8.42 Å². The Balaban J connectivity index is 1.96. The van der Waals surface area contributed by atoms with Gasteiger partial charge in [0.25, 0.3) is 0 Å². The molecule has 6 heteroatoms. The zero-order valence-corrected chi connectivity index (χ0v) is 13.2. The molecule has 108 valence electrons. The third-order valence-electron chi connectivity index (χ3n) is 2.97. The molecule has 0 saturated heterocycles. The van der Waals surface area contributed by atoms with E-state index in [9.17, 15) is 8.42 Å². The van der Waals surface area contributed by atoms with Gasteiger partial charge in [0.2, 0.25) is 10.0 Å². The van der Waals surface area contributed by atoms with Gasteiger partial charge in [-0.2, -0.15) is 0 Å². The molecule has 0 amide bonds. The lowest BCUT2D eigenvalue weighted by atomic mass is 10.2. The minimum Gasteiger partial charge on any atom is -0.250 e. The molecule has 0 aliphatic heterocycles. The summed E-state index contributed by atoms with van der Waals surface area (Å²) in [6.07, 6.45) is 3.36. The van der Waals surface area contributed by atoms with E-state index in [2.05, 4.69) is 9.71 Å². The van der Waals surface area contributed by atoms with Crippen LogP contribution in [0.4, 0.5) is 0 Å². The Morgan fingerprint density at radius 3 is 2.50 bits per heavy atom. The summed E-state index contributed by atoms with van der Waals surface area (Å²) in [6.45, 7) is 4.37. The smallest absolute Gasteiger partial charge is 0.240 e. The van der Waals surface area contributed by atoms with Crippen molar-refractivity contribution in [3.05, 3.63) is 45.9 Å². The Kier molecular flexibility index (Phi) is 4.91. The van der Waals surface area contributed by atoms with E-state index in [0.29, 0.717) is 17.9 Å². The summed E-state index contributed by atoms with van der Waals surface area (Å²) in [5, 5.41) is 0.998. The second-order valence-electron chi connectivity index (χ2n) is 4.49. The highest BCUT2D eigenvalue weighted by Crippen LogP contribution is 2.13. The van der Waals surface area contributed by atoms with Gasteiger partial charge < -0.3 is 0 Å². The Labute approximate surface area is 123 Å². The maximum atomic E-state index is 12.1. The van der Waals surface area contributed by atoms with E-state index in [0.717, 1.165) is 21.9 Å². The molecule has 0 atom stereocenters. The Morgan fingerprint density at radius 2 is 1.95 bits per heavy atom. The Morgan fingerprint density at radius 1 is 1.25 bits per heavy atom. The largest absolute Gasteiger partial charge is 0.250 e. The molecule has 0 aliphatic rings. The molecule has 0 bridgehead atoms. The van der Waals surface area contributed by atoms with Gasteiger partial charge in [-0.15, -0.1) is 11.3 Å². The predicted octanol–water partition coefficient (Wildman–Crippen LogP) is 2.53. The van der Waals surface area contributed by atoms with Crippen molar-refractivity contribution in [1.29, 1.82) is 0 Å². The molecule has 0 aliphatic carbocycles. The highest BCUT2D eigenvalue weighted by molar-refractivity contribution is 7.89. The SMILES string of the molecule is CCc1ccc(S(=O)(=O)NCCc2cnc(C)s2)cc1. The first-order valence-electron chi connectivity index (χ1n) is 6.51. The Hall–Kier alpha value is -1.24. The molecule has 0 radical (unpaired) electrons. The normalized spacial score (nSPS) is 11.7. The fourth-order valence-electron chi connectivity index (χ4n) is 1.82. The zero-order valence-electron chi connectivity index (χ0n) is 11.6. The van der Waals surface area contributed by atoms with Gasteiger partial charge in [-0.1, -0.05) is 19.1 Å². The van der Waals surface area contributed by atoms with Gasteiger partial charge in [0.05, 0.1) is 9.90 Å². The average Bonchev–Trinajstić information content (AvgIpc) is 2.84. The van der Waals surface area contributed by atoms with Gasteiger partial charge in [-0.05, 0) is 37.5 Å². The molecule has 0 spiro atoms. The van der Waals surface area contributed by atoms with Crippen molar-refractivity contribution in [2.75, 3.05) is 6.54 Å². The fourth-order valence-corrected chi connectivity index (χ4v) is 3.64. The van der Waals surface area contributed by atoms with E-state index in [4.69, 9.17) is 0 Å². The summed E-state index contributed by atoms with van der Waals surface area (Å²) in [6, 6.07) is 7.00. The zero-order chi connectivity index (χ0) is 14.6. The number of sulfonamides is 1. The van der Waals surface area contributed by atoms with Gasteiger partial charge in [-0.3, -0.25) is 0 Å². The summed E-state index contributed by atoms with van der Waals surface area (Å²) >= 11 is 1.59. The maximum absolute atomic E-state index is 12.1. The Bertz CT molecular complexity index is 661. The lowest BCUT2D eigenvalue weighted by Crippen LogP contribution is -2.25. The molecule has 4 nitrogen and oxygen atoms in total. The summed E-state index contributed by atoms with van der Waals surface area (Å²) in [7, 11) is -3.41. The first kappa shape index (κ1) is 15.2. The number of aryl methyl sites for hydroxylation is 2. The molecular weight excluding hydrogens is 292 g/mol. The van der Waals surface area contributed by atoms with Crippen molar-refractivity contribution in [3.63, 3.8) is 0 Å². The number of hydrogen-bond acceptors (Lipinski definition) is 4. The fraction of sp³-hybridized carbons (Fsp3) is 0.357. The van der Waals surface area contributed by atoms with Crippen LogP contribution in [-0.2, 0) is 22.9 Å². The van der Waals surface area contributed by atoms with Crippen LogP contribution in [0.15, 0.2) is 35.4 Å². The number of nitrogens with zero attached hydrogens (tertiary/aromatic N) is 1.